The molecule has 5 heteroatoms. The summed E-state index contributed by atoms with van der Waals surface area (Å²) in [5.41, 5.74) is 0.629. The molecule has 2 rings (SSSR count). The van der Waals surface area contributed by atoms with E-state index in [1.54, 1.807) is 18.5 Å². The van der Waals surface area contributed by atoms with Crippen LogP contribution in [-0.4, -0.2) is 20.3 Å². The number of pyridine rings is 1. The normalized spacial score (nSPS) is 10.4. The third kappa shape index (κ3) is 2.30. The molecule has 0 amide bonds. The van der Waals surface area contributed by atoms with Crippen LogP contribution in [0, 0.1) is 0 Å². The number of rotatable bonds is 3. The summed E-state index contributed by atoms with van der Waals surface area (Å²) in [7, 11) is 1.93. The predicted molar refractivity (Wildman–Crippen MR) is 61.6 cm³/mol. The van der Waals surface area contributed by atoms with E-state index in [4.69, 9.17) is 0 Å². The number of Topliss-reactive ketones (excluding diaryl/α,β-unsaturated/α-hetero) is 1. The first-order valence-electron chi connectivity index (χ1n) is 4.79. The molecule has 0 aliphatic carbocycles. The molecule has 0 unspecified atom stereocenters. The first-order valence-corrected chi connectivity index (χ1v) is 5.60. The van der Waals surface area contributed by atoms with Gasteiger partial charge in [0, 0.05) is 31.2 Å². The molecule has 0 aliphatic rings. The molecule has 0 aromatic carbocycles. The van der Waals surface area contributed by atoms with Crippen LogP contribution in [0.5, 0.6) is 0 Å². The summed E-state index contributed by atoms with van der Waals surface area (Å²) in [6.45, 7) is 1.53. The lowest BCUT2D eigenvalue weighted by Crippen LogP contribution is -1.94. The second-order valence-electron chi connectivity index (χ2n) is 3.36. The van der Waals surface area contributed by atoms with Gasteiger partial charge in [-0.25, -0.2) is 9.97 Å². The molecular weight excluding hydrogens is 222 g/mol. The molecule has 0 N–H and O–H groups in total. The van der Waals surface area contributed by atoms with Crippen LogP contribution in [0.4, 0.5) is 0 Å². The maximum absolute atomic E-state index is 11.1. The Balaban J connectivity index is 2.17. The van der Waals surface area contributed by atoms with Crippen LogP contribution in [0.3, 0.4) is 0 Å². The molecule has 2 aromatic heterocycles. The number of hydrogen-bond acceptors (Lipinski definition) is 4. The van der Waals surface area contributed by atoms with Gasteiger partial charge in [0.15, 0.2) is 10.9 Å². The average molecular weight is 233 g/mol. The third-order valence-electron chi connectivity index (χ3n) is 2.12. The minimum Gasteiger partial charge on any atom is -0.329 e. The lowest BCUT2D eigenvalue weighted by Gasteiger charge is -2.01. The summed E-state index contributed by atoms with van der Waals surface area (Å²) in [5.74, 6) is 0.0287. The zero-order chi connectivity index (χ0) is 11.5. The van der Waals surface area contributed by atoms with Crippen LogP contribution < -0.4 is 0 Å². The first kappa shape index (κ1) is 10.9. The maximum atomic E-state index is 11.1. The Kier molecular flexibility index (Phi) is 3.05. The standard InChI is InChI=1S/C11H11N3OS/c1-8(15)9-3-4-10(13-7-9)16-11-12-5-6-14(11)2/h3-7H,1-2H3. The Bertz CT molecular complexity index is 504. The van der Waals surface area contributed by atoms with Crippen molar-refractivity contribution in [2.75, 3.05) is 0 Å². The van der Waals surface area contributed by atoms with Crippen molar-refractivity contribution in [1.29, 1.82) is 0 Å². The van der Waals surface area contributed by atoms with Gasteiger partial charge in [-0.1, -0.05) is 0 Å². The largest absolute Gasteiger partial charge is 0.329 e. The molecule has 16 heavy (non-hydrogen) atoms. The molecular formula is C11H11N3OS. The van der Waals surface area contributed by atoms with Gasteiger partial charge in [0.25, 0.3) is 0 Å². The second kappa shape index (κ2) is 4.49. The van der Waals surface area contributed by atoms with Crippen molar-refractivity contribution in [1.82, 2.24) is 14.5 Å². The fraction of sp³-hybridized carbons (Fsp3) is 0.182. The number of ketones is 1. The Hall–Kier alpha value is -1.62. The molecule has 0 saturated carbocycles. The predicted octanol–water partition coefficient (Wildman–Crippen LogP) is 2.17. The molecule has 0 bridgehead atoms. The minimum atomic E-state index is 0.0287. The van der Waals surface area contributed by atoms with E-state index in [9.17, 15) is 4.79 Å². The Labute approximate surface area is 97.7 Å². The number of carbonyl (C=O) groups is 1. The van der Waals surface area contributed by atoms with Crippen molar-refractivity contribution in [2.45, 2.75) is 17.1 Å². The summed E-state index contributed by atoms with van der Waals surface area (Å²) in [5, 5.41) is 1.71. The van der Waals surface area contributed by atoms with Crippen LogP contribution >= 0.6 is 11.8 Å². The molecule has 0 radical (unpaired) electrons. The van der Waals surface area contributed by atoms with E-state index in [1.807, 2.05) is 23.9 Å². The van der Waals surface area contributed by atoms with Crippen molar-refractivity contribution in [3.63, 3.8) is 0 Å². The monoisotopic (exact) mass is 233 g/mol. The van der Waals surface area contributed by atoms with Crippen LogP contribution in [0.1, 0.15) is 17.3 Å². The molecule has 2 heterocycles. The topological polar surface area (TPSA) is 47.8 Å². The van der Waals surface area contributed by atoms with E-state index in [0.29, 0.717) is 5.56 Å². The molecule has 0 aliphatic heterocycles. The maximum Gasteiger partial charge on any atom is 0.174 e. The van der Waals surface area contributed by atoms with Crippen LogP contribution in [0.25, 0.3) is 0 Å². The molecule has 0 fully saturated rings. The number of nitrogens with zero attached hydrogens (tertiary/aromatic N) is 3. The van der Waals surface area contributed by atoms with Crippen LogP contribution in [-0.2, 0) is 7.05 Å². The highest BCUT2D eigenvalue weighted by molar-refractivity contribution is 7.99. The minimum absolute atomic E-state index is 0.0287. The van der Waals surface area contributed by atoms with E-state index < -0.39 is 0 Å². The highest BCUT2D eigenvalue weighted by atomic mass is 32.2. The van der Waals surface area contributed by atoms with E-state index in [1.165, 1.54) is 18.7 Å². The van der Waals surface area contributed by atoms with E-state index in [-0.39, 0.29) is 5.78 Å². The Morgan fingerprint density at radius 3 is 2.69 bits per heavy atom. The lowest BCUT2D eigenvalue weighted by molar-refractivity contribution is 0.101. The van der Waals surface area contributed by atoms with Gasteiger partial charge in [0.05, 0.1) is 0 Å². The van der Waals surface area contributed by atoms with Gasteiger partial charge in [-0.15, -0.1) is 0 Å². The van der Waals surface area contributed by atoms with Gasteiger partial charge in [-0.2, -0.15) is 0 Å². The van der Waals surface area contributed by atoms with Crippen molar-refractivity contribution in [3.8, 4) is 0 Å². The molecule has 82 valence electrons. The van der Waals surface area contributed by atoms with Crippen molar-refractivity contribution >= 4 is 17.5 Å². The first-order chi connectivity index (χ1) is 7.66. The second-order valence-corrected chi connectivity index (χ2v) is 4.35. The lowest BCUT2D eigenvalue weighted by atomic mass is 10.2. The highest BCUT2D eigenvalue weighted by Crippen LogP contribution is 2.23. The SMILES string of the molecule is CC(=O)c1ccc(Sc2nccn2C)nc1. The molecule has 2 aromatic rings. The molecule has 0 atom stereocenters. The van der Waals surface area contributed by atoms with E-state index in [0.717, 1.165) is 10.2 Å². The fourth-order valence-corrected chi connectivity index (χ4v) is 1.94. The summed E-state index contributed by atoms with van der Waals surface area (Å²) >= 11 is 1.47. The van der Waals surface area contributed by atoms with Gasteiger partial charge in [-0.05, 0) is 30.8 Å². The van der Waals surface area contributed by atoms with Gasteiger partial charge in [0.1, 0.15) is 5.03 Å². The number of aryl methyl sites for hydroxylation is 1. The Morgan fingerprint density at radius 1 is 1.38 bits per heavy atom. The zero-order valence-electron chi connectivity index (χ0n) is 9.04. The highest BCUT2D eigenvalue weighted by Gasteiger charge is 2.04. The summed E-state index contributed by atoms with van der Waals surface area (Å²) in [6.07, 6.45) is 5.21. The number of aromatic nitrogens is 3. The summed E-state index contributed by atoms with van der Waals surface area (Å²) < 4.78 is 1.92. The summed E-state index contributed by atoms with van der Waals surface area (Å²) in [6, 6.07) is 3.61. The van der Waals surface area contributed by atoms with E-state index in [2.05, 4.69) is 9.97 Å². The third-order valence-corrected chi connectivity index (χ3v) is 3.14. The summed E-state index contributed by atoms with van der Waals surface area (Å²) in [4.78, 5) is 19.5. The van der Waals surface area contributed by atoms with Crippen molar-refractivity contribution in [3.05, 3.63) is 36.3 Å². The number of carbonyl (C=O) groups excluding carboxylic acids is 1. The number of imidazole rings is 1. The van der Waals surface area contributed by atoms with Crippen LogP contribution in [0.15, 0.2) is 40.9 Å². The van der Waals surface area contributed by atoms with Gasteiger partial charge in [-0.3, -0.25) is 4.79 Å². The fourth-order valence-electron chi connectivity index (χ4n) is 1.19. The quantitative estimate of drug-likeness (QED) is 0.762. The van der Waals surface area contributed by atoms with Gasteiger partial charge < -0.3 is 4.57 Å². The van der Waals surface area contributed by atoms with E-state index >= 15 is 0 Å². The molecule has 4 nitrogen and oxygen atoms in total. The smallest absolute Gasteiger partial charge is 0.174 e. The van der Waals surface area contributed by atoms with Crippen molar-refractivity contribution < 1.29 is 4.79 Å². The average Bonchev–Trinajstić information content (AvgIpc) is 2.65. The zero-order valence-corrected chi connectivity index (χ0v) is 9.86. The van der Waals surface area contributed by atoms with Crippen molar-refractivity contribution in [2.24, 2.45) is 7.05 Å². The van der Waals surface area contributed by atoms with Crippen LogP contribution in [0.2, 0.25) is 0 Å². The Morgan fingerprint density at radius 2 is 2.19 bits per heavy atom. The molecule has 0 spiro atoms. The van der Waals surface area contributed by atoms with Gasteiger partial charge in [0.2, 0.25) is 0 Å². The number of hydrogen-bond donors (Lipinski definition) is 0. The molecule has 0 saturated heterocycles. The van der Waals surface area contributed by atoms with Gasteiger partial charge >= 0.3 is 0 Å².